The maximum Gasteiger partial charge on any atom is 0.342 e. The number of nitrogens with zero attached hydrogens (tertiary/aromatic N) is 2. The zero-order valence-corrected chi connectivity index (χ0v) is 19.1. The van der Waals surface area contributed by atoms with Crippen LogP contribution < -0.4 is 0 Å². The standard InChI is InChI=1S/C22H17ClN2O5S2/c1-12(18-11-32-21(20(18)26)14-3-5-15(23)6-4-14)24-10-16(31)8-13-2-7-17(22(27)28)19(9-13)25(29)30/h2-7,9,11,26H,8,10H2,1H3,(H,27,28). The summed E-state index contributed by atoms with van der Waals surface area (Å²) < 4.78 is 0. The number of carboxylic acid groups (broad SMARTS) is 1. The molecule has 0 saturated carbocycles. The third kappa shape index (κ3) is 5.37. The molecule has 3 aromatic rings. The summed E-state index contributed by atoms with van der Waals surface area (Å²) in [7, 11) is 0. The minimum absolute atomic E-state index is 0.129. The van der Waals surface area contributed by atoms with Crippen molar-refractivity contribution in [3.8, 4) is 16.2 Å². The highest BCUT2D eigenvalue weighted by Gasteiger charge is 2.20. The molecule has 0 radical (unpaired) electrons. The molecule has 7 nitrogen and oxygen atoms in total. The molecule has 0 unspecified atom stereocenters. The summed E-state index contributed by atoms with van der Waals surface area (Å²) in [5.41, 5.74) is 1.73. The normalized spacial score (nSPS) is 11.4. The van der Waals surface area contributed by atoms with Crippen LogP contribution in [-0.4, -0.2) is 38.2 Å². The molecule has 10 heteroatoms. The van der Waals surface area contributed by atoms with Gasteiger partial charge in [0.05, 0.1) is 16.3 Å². The van der Waals surface area contributed by atoms with Gasteiger partial charge in [0.1, 0.15) is 11.3 Å². The van der Waals surface area contributed by atoms with Crippen LogP contribution in [-0.2, 0) is 6.42 Å². The number of thiocarbonyl (C=S) groups is 1. The van der Waals surface area contributed by atoms with Gasteiger partial charge in [-0.25, -0.2) is 4.79 Å². The molecule has 32 heavy (non-hydrogen) atoms. The summed E-state index contributed by atoms with van der Waals surface area (Å²) in [5, 5.41) is 33.3. The van der Waals surface area contributed by atoms with Gasteiger partial charge >= 0.3 is 5.97 Å². The molecular weight excluding hydrogens is 472 g/mol. The zero-order chi connectivity index (χ0) is 23.4. The van der Waals surface area contributed by atoms with E-state index in [4.69, 9.17) is 28.9 Å². The van der Waals surface area contributed by atoms with Gasteiger partial charge in [-0.1, -0.05) is 42.0 Å². The first kappa shape index (κ1) is 23.5. The molecule has 2 N–H and O–H groups in total. The van der Waals surface area contributed by atoms with Crippen molar-refractivity contribution in [2.75, 3.05) is 6.54 Å². The van der Waals surface area contributed by atoms with Gasteiger partial charge < -0.3 is 10.2 Å². The highest BCUT2D eigenvalue weighted by molar-refractivity contribution is 7.80. The van der Waals surface area contributed by atoms with Crippen molar-refractivity contribution in [2.45, 2.75) is 13.3 Å². The molecule has 0 fully saturated rings. The fraction of sp³-hybridized carbons (Fsp3) is 0.136. The number of aromatic carboxylic acids is 1. The fourth-order valence-electron chi connectivity index (χ4n) is 3.01. The van der Waals surface area contributed by atoms with Crippen molar-refractivity contribution in [3.05, 3.63) is 79.7 Å². The summed E-state index contributed by atoms with van der Waals surface area (Å²) in [6.07, 6.45) is 0.235. The van der Waals surface area contributed by atoms with E-state index in [1.807, 2.05) is 17.5 Å². The van der Waals surface area contributed by atoms with Gasteiger partial charge in [-0.15, -0.1) is 11.3 Å². The van der Waals surface area contributed by atoms with Crippen LogP contribution in [0.5, 0.6) is 5.75 Å². The summed E-state index contributed by atoms with van der Waals surface area (Å²) in [4.78, 5) is 27.2. The average Bonchev–Trinajstić information content (AvgIpc) is 3.13. The van der Waals surface area contributed by atoms with Crippen LogP contribution in [0, 0.1) is 10.1 Å². The van der Waals surface area contributed by atoms with E-state index in [-0.39, 0.29) is 24.3 Å². The molecule has 0 saturated heterocycles. The number of hydrogen-bond donors (Lipinski definition) is 2. The monoisotopic (exact) mass is 488 g/mol. The topological polar surface area (TPSA) is 113 Å². The van der Waals surface area contributed by atoms with Gasteiger partial charge in [0, 0.05) is 39.0 Å². The van der Waals surface area contributed by atoms with Gasteiger partial charge in [-0.2, -0.15) is 0 Å². The van der Waals surface area contributed by atoms with Crippen LogP contribution in [0.3, 0.4) is 0 Å². The Balaban J connectivity index is 1.72. The summed E-state index contributed by atoms with van der Waals surface area (Å²) in [6.45, 7) is 1.95. The lowest BCUT2D eigenvalue weighted by atomic mass is 10.0. The number of carbonyl (C=O) groups is 1. The average molecular weight is 489 g/mol. The summed E-state index contributed by atoms with van der Waals surface area (Å²) >= 11 is 12.7. The van der Waals surface area contributed by atoms with E-state index in [0.717, 1.165) is 5.56 Å². The number of aliphatic imine (C=N–C) groups is 1. The van der Waals surface area contributed by atoms with Crippen molar-refractivity contribution in [1.82, 2.24) is 0 Å². The van der Waals surface area contributed by atoms with E-state index in [0.29, 0.717) is 31.6 Å². The second-order valence-corrected chi connectivity index (χ2v) is 8.76. The maximum atomic E-state index is 11.1. The number of nitro groups is 1. The maximum absolute atomic E-state index is 11.1. The number of rotatable bonds is 8. The fourth-order valence-corrected chi connectivity index (χ4v) is 4.38. The molecule has 0 amide bonds. The zero-order valence-electron chi connectivity index (χ0n) is 16.7. The van der Waals surface area contributed by atoms with Crippen molar-refractivity contribution in [2.24, 2.45) is 4.99 Å². The van der Waals surface area contributed by atoms with Gasteiger partial charge in [0.25, 0.3) is 5.69 Å². The molecule has 1 heterocycles. The number of halogens is 1. The number of carboxylic acids is 1. The molecule has 0 aliphatic carbocycles. The van der Waals surface area contributed by atoms with Crippen LogP contribution in [0.2, 0.25) is 5.02 Å². The van der Waals surface area contributed by atoms with Crippen LogP contribution in [0.1, 0.15) is 28.4 Å². The minimum Gasteiger partial charge on any atom is -0.506 e. The first-order valence-electron chi connectivity index (χ1n) is 9.27. The van der Waals surface area contributed by atoms with Crippen LogP contribution in [0.25, 0.3) is 10.4 Å². The smallest absolute Gasteiger partial charge is 0.342 e. The van der Waals surface area contributed by atoms with E-state index in [2.05, 4.69) is 4.99 Å². The lowest BCUT2D eigenvalue weighted by Gasteiger charge is -2.05. The first-order valence-corrected chi connectivity index (χ1v) is 10.9. The number of hydrogen-bond acceptors (Lipinski definition) is 7. The van der Waals surface area contributed by atoms with Gasteiger partial charge in [-0.05, 0) is 36.2 Å². The van der Waals surface area contributed by atoms with E-state index in [1.54, 1.807) is 19.1 Å². The Morgan fingerprint density at radius 3 is 2.53 bits per heavy atom. The van der Waals surface area contributed by atoms with Crippen molar-refractivity contribution in [1.29, 1.82) is 0 Å². The molecule has 164 valence electrons. The van der Waals surface area contributed by atoms with E-state index >= 15 is 0 Å². The number of thiophene rings is 1. The summed E-state index contributed by atoms with van der Waals surface area (Å²) in [5.74, 6) is -1.23. The Hall–Kier alpha value is -3.14. The van der Waals surface area contributed by atoms with Crippen molar-refractivity contribution in [3.63, 3.8) is 0 Å². The first-order chi connectivity index (χ1) is 15.2. The third-order valence-corrected chi connectivity index (χ3v) is 6.19. The Kier molecular flexibility index (Phi) is 7.34. The molecule has 0 aliphatic heterocycles. The molecule has 0 bridgehead atoms. The molecule has 2 aromatic carbocycles. The number of aromatic hydroxyl groups is 1. The second-order valence-electron chi connectivity index (χ2n) is 6.86. The van der Waals surface area contributed by atoms with Gasteiger partial charge in [0.15, 0.2) is 0 Å². The van der Waals surface area contributed by atoms with Gasteiger partial charge in [-0.3, -0.25) is 15.1 Å². The summed E-state index contributed by atoms with van der Waals surface area (Å²) in [6, 6.07) is 11.1. The third-order valence-electron chi connectivity index (χ3n) is 4.64. The van der Waals surface area contributed by atoms with E-state index < -0.39 is 16.6 Å². The van der Waals surface area contributed by atoms with Crippen molar-refractivity contribution < 1.29 is 19.9 Å². The Labute approximate surface area is 197 Å². The number of nitro benzene ring substituents is 1. The molecule has 0 atom stereocenters. The van der Waals surface area contributed by atoms with Gasteiger partial charge in [0.2, 0.25) is 0 Å². The van der Waals surface area contributed by atoms with E-state index in [9.17, 15) is 20.0 Å². The highest BCUT2D eigenvalue weighted by atomic mass is 35.5. The molecule has 0 spiro atoms. The lowest BCUT2D eigenvalue weighted by molar-refractivity contribution is -0.385. The molecular formula is C22H17ClN2O5S2. The Morgan fingerprint density at radius 2 is 1.91 bits per heavy atom. The molecule has 3 rings (SSSR count). The van der Waals surface area contributed by atoms with E-state index in [1.165, 1.54) is 29.5 Å². The van der Waals surface area contributed by atoms with Crippen LogP contribution >= 0.6 is 35.2 Å². The van der Waals surface area contributed by atoms with Crippen LogP contribution in [0.4, 0.5) is 5.69 Å². The predicted octanol–water partition coefficient (Wildman–Crippen LogP) is 5.80. The predicted molar refractivity (Wildman–Crippen MR) is 130 cm³/mol. The van der Waals surface area contributed by atoms with Crippen LogP contribution in [0.15, 0.2) is 52.8 Å². The van der Waals surface area contributed by atoms with Crippen molar-refractivity contribution >= 4 is 57.4 Å². The largest absolute Gasteiger partial charge is 0.506 e. The number of benzene rings is 2. The highest BCUT2D eigenvalue weighted by Crippen LogP contribution is 2.39. The SMILES string of the molecule is CC(=NCC(=S)Cc1ccc(C(=O)O)c([N+](=O)[O-])c1)c1csc(-c2ccc(Cl)cc2)c1O. The Morgan fingerprint density at radius 1 is 1.22 bits per heavy atom. The molecule has 1 aromatic heterocycles. The quantitative estimate of drug-likeness (QED) is 0.179. The Bertz CT molecular complexity index is 1240. The second kappa shape index (κ2) is 9.99. The molecule has 0 aliphatic rings. The minimum atomic E-state index is -1.36. The lowest BCUT2D eigenvalue weighted by Crippen LogP contribution is -2.08.